The van der Waals surface area contributed by atoms with E-state index >= 15 is 0 Å². The normalized spacial score (nSPS) is 15.1. The second kappa shape index (κ2) is 6.70. The summed E-state index contributed by atoms with van der Waals surface area (Å²) >= 11 is 4.92. The summed E-state index contributed by atoms with van der Waals surface area (Å²) in [6.45, 7) is 0.364. The average molecular weight is 291 g/mol. The van der Waals surface area contributed by atoms with Crippen LogP contribution in [0.2, 0.25) is 0 Å². The number of hydrogen-bond donors (Lipinski definition) is 2. The summed E-state index contributed by atoms with van der Waals surface area (Å²) in [6.07, 6.45) is 4.67. The molecule has 1 fully saturated rings. The van der Waals surface area contributed by atoms with Crippen LogP contribution in [-0.4, -0.2) is 30.5 Å². The van der Waals surface area contributed by atoms with E-state index in [1.165, 1.54) is 12.8 Å². The van der Waals surface area contributed by atoms with Gasteiger partial charge < -0.3 is 16.0 Å². The van der Waals surface area contributed by atoms with Gasteiger partial charge in [-0.2, -0.15) is 0 Å². The van der Waals surface area contributed by atoms with Crippen LogP contribution in [0.4, 0.5) is 5.69 Å². The van der Waals surface area contributed by atoms with Crippen LogP contribution in [0.25, 0.3) is 0 Å². The maximum atomic E-state index is 12.0. The van der Waals surface area contributed by atoms with Crippen molar-refractivity contribution in [2.24, 2.45) is 5.73 Å². The molecule has 1 aromatic rings. The highest BCUT2D eigenvalue weighted by Gasteiger charge is 2.17. The van der Waals surface area contributed by atoms with E-state index in [4.69, 9.17) is 18.0 Å². The monoisotopic (exact) mass is 291 g/mol. The van der Waals surface area contributed by atoms with Gasteiger partial charge in [-0.3, -0.25) is 4.79 Å². The van der Waals surface area contributed by atoms with Gasteiger partial charge in [0.1, 0.15) is 4.99 Å². The van der Waals surface area contributed by atoms with Crippen LogP contribution in [-0.2, 0) is 4.79 Å². The van der Waals surface area contributed by atoms with Gasteiger partial charge >= 0.3 is 0 Å². The minimum atomic E-state index is 0.0813. The number of anilines is 1. The molecular formula is C15H21N3OS. The van der Waals surface area contributed by atoms with E-state index in [0.717, 1.165) is 24.1 Å². The standard InChI is InChI=1S/C15H21N3OS/c1-18(10-14(19)17-12-4-2-3-5-12)13-8-6-11(7-9-13)15(16)20/h6-9,12H,2-5,10H2,1H3,(H2,16,20)(H,17,19). The summed E-state index contributed by atoms with van der Waals surface area (Å²) in [6, 6.07) is 7.98. The Labute approximate surface area is 125 Å². The Morgan fingerprint density at radius 1 is 1.35 bits per heavy atom. The van der Waals surface area contributed by atoms with Crippen LogP contribution >= 0.6 is 12.2 Å². The van der Waals surface area contributed by atoms with Gasteiger partial charge in [-0.05, 0) is 37.1 Å². The van der Waals surface area contributed by atoms with Crippen molar-refractivity contribution in [1.82, 2.24) is 5.32 Å². The molecule has 1 amide bonds. The molecule has 0 aromatic heterocycles. The fraction of sp³-hybridized carbons (Fsp3) is 0.467. The fourth-order valence-electron chi connectivity index (χ4n) is 2.53. The number of carbonyl (C=O) groups excluding carboxylic acids is 1. The molecule has 0 radical (unpaired) electrons. The first-order valence-corrected chi connectivity index (χ1v) is 7.37. The van der Waals surface area contributed by atoms with Crippen molar-refractivity contribution in [3.63, 3.8) is 0 Å². The Hall–Kier alpha value is -1.62. The van der Waals surface area contributed by atoms with Crippen molar-refractivity contribution in [1.29, 1.82) is 0 Å². The Morgan fingerprint density at radius 3 is 2.50 bits per heavy atom. The third-order valence-electron chi connectivity index (χ3n) is 3.69. The zero-order chi connectivity index (χ0) is 14.5. The van der Waals surface area contributed by atoms with Gasteiger partial charge in [0, 0.05) is 24.3 Å². The van der Waals surface area contributed by atoms with Gasteiger partial charge in [-0.25, -0.2) is 0 Å². The molecule has 0 aliphatic heterocycles. The first-order chi connectivity index (χ1) is 9.56. The Balaban J connectivity index is 1.88. The molecule has 2 rings (SSSR count). The van der Waals surface area contributed by atoms with E-state index in [9.17, 15) is 4.79 Å². The number of thiocarbonyl (C=S) groups is 1. The molecule has 0 spiro atoms. The van der Waals surface area contributed by atoms with Gasteiger partial charge in [-0.15, -0.1) is 0 Å². The largest absolute Gasteiger partial charge is 0.389 e. The lowest BCUT2D eigenvalue weighted by atomic mass is 10.2. The number of nitrogens with zero attached hydrogens (tertiary/aromatic N) is 1. The highest BCUT2D eigenvalue weighted by atomic mass is 32.1. The first kappa shape index (κ1) is 14.8. The molecule has 1 aromatic carbocycles. The van der Waals surface area contributed by atoms with E-state index < -0.39 is 0 Å². The summed E-state index contributed by atoms with van der Waals surface area (Å²) < 4.78 is 0. The van der Waals surface area contributed by atoms with E-state index in [2.05, 4.69) is 5.32 Å². The maximum Gasteiger partial charge on any atom is 0.239 e. The van der Waals surface area contributed by atoms with E-state index in [0.29, 0.717) is 17.6 Å². The first-order valence-electron chi connectivity index (χ1n) is 6.96. The second-order valence-electron chi connectivity index (χ2n) is 5.32. The molecule has 1 aliphatic carbocycles. The van der Waals surface area contributed by atoms with Crippen molar-refractivity contribution in [3.05, 3.63) is 29.8 Å². The van der Waals surface area contributed by atoms with Crippen molar-refractivity contribution >= 4 is 28.8 Å². The minimum absolute atomic E-state index is 0.0813. The number of amides is 1. The molecule has 4 nitrogen and oxygen atoms in total. The quantitative estimate of drug-likeness (QED) is 0.813. The number of hydrogen-bond acceptors (Lipinski definition) is 3. The van der Waals surface area contributed by atoms with Crippen molar-refractivity contribution in [2.45, 2.75) is 31.7 Å². The molecule has 0 bridgehead atoms. The van der Waals surface area contributed by atoms with Crippen molar-refractivity contribution in [2.75, 3.05) is 18.5 Å². The van der Waals surface area contributed by atoms with Gasteiger partial charge in [0.25, 0.3) is 0 Å². The summed E-state index contributed by atoms with van der Waals surface area (Å²) in [4.78, 5) is 14.3. The van der Waals surface area contributed by atoms with Crippen LogP contribution in [0, 0.1) is 0 Å². The Kier molecular flexibility index (Phi) is 4.95. The van der Waals surface area contributed by atoms with Gasteiger partial charge in [0.15, 0.2) is 0 Å². The number of nitrogens with two attached hydrogens (primary N) is 1. The summed E-state index contributed by atoms with van der Waals surface area (Å²) in [5.41, 5.74) is 7.38. The summed E-state index contributed by atoms with van der Waals surface area (Å²) in [7, 11) is 1.91. The fourth-order valence-corrected chi connectivity index (χ4v) is 2.67. The Bertz CT molecular complexity index is 480. The molecule has 108 valence electrons. The Morgan fingerprint density at radius 2 is 1.95 bits per heavy atom. The molecule has 0 saturated heterocycles. The lowest BCUT2D eigenvalue weighted by Crippen LogP contribution is -2.39. The van der Waals surface area contributed by atoms with Gasteiger partial charge in [0.05, 0.1) is 6.54 Å². The molecule has 0 unspecified atom stereocenters. The molecular weight excluding hydrogens is 270 g/mol. The number of likely N-dealkylation sites (N-methyl/N-ethyl adjacent to an activating group) is 1. The van der Waals surface area contributed by atoms with E-state index in [1.54, 1.807) is 0 Å². The van der Waals surface area contributed by atoms with Crippen LogP contribution < -0.4 is 16.0 Å². The van der Waals surface area contributed by atoms with Crippen LogP contribution in [0.3, 0.4) is 0 Å². The number of benzene rings is 1. The SMILES string of the molecule is CN(CC(=O)NC1CCCC1)c1ccc(C(N)=S)cc1. The predicted molar refractivity (Wildman–Crippen MR) is 86.0 cm³/mol. The average Bonchev–Trinajstić information content (AvgIpc) is 2.91. The number of nitrogens with one attached hydrogen (secondary N) is 1. The number of carbonyl (C=O) groups is 1. The maximum absolute atomic E-state index is 12.0. The van der Waals surface area contributed by atoms with Gasteiger partial charge in [0.2, 0.25) is 5.91 Å². The van der Waals surface area contributed by atoms with E-state index in [-0.39, 0.29) is 5.91 Å². The molecule has 1 aliphatic rings. The van der Waals surface area contributed by atoms with Crippen molar-refractivity contribution < 1.29 is 4.79 Å². The number of rotatable bonds is 5. The topological polar surface area (TPSA) is 58.4 Å². The summed E-state index contributed by atoms with van der Waals surface area (Å²) in [5.74, 6) is 0.0813. The van der Waals surface area contributed by atoms with Crippen LogP contribution in [0.15, 0.2) is 24.3 Å². The lowest BCUT2D eigenvalue weighted by molar-refractivity contribution is -0.120. The second-order valence-corrected chi connectivity index (χ2v) is 5.76. The smallest absolute Gasteiger partial charge is 0.239 e. The molecule has 0 atom stereocenters. The third-order valence-corrected chi connectivity index (χ3v) is 3.93. The predicted octanol–water partition coefficient (Wildman–Crippen LogP) is 1.82. The molecule has 0 heterocycles. The van der Waals surface area contributed by atoms with E-state index in [1.807, 2.05) is 36.2 Å². The lowest BCUT2D eigenvalue weighted by Gasteiger charge is -2.20. The zero-order valence-electron chi connectivity index (χ0n) is 11.8. The molecule has 1 saturated carbocycles. The van der Waals surface area contributed by atoms with Crippen LogP contribution in [0.1, 0.15) is 31.2 Å². The molecule has 3 N–H and O–H groups in total. The van der Waals surface area contributed by atoms with Crippen molar-refractivity contribution in [3.8, 4) is 0 Å². The third kappa shape index (κ3) is 3.93. The molecule has 20 heavy (non-hydrogen) atoms. The minimum Gasteiger partial charge on any atom is -0.389 e. The van der Waals surface area contributed by atoms with Gasteiger partial charge in [-0.1, -0.05) is 25.1 Å². The molecule has 5 heteroatoms. The highest BCUT2D eigenvalue weighted by Crippen LogP contribution is 2.18. The highest BCUT2D eigenvalue weighted by molar-refractivity contribution is 7.80. The summed E-state index contributed by atoms with van der Waals surface area (Å²) in [5, 5.41) is 3.09. The zero-order valence-corrected chi connectivity index (χ0v) is 12.6. The van der Waals surface area contributed by atoms with Crippen LogP contribution in [0.5, 0.6) is 0 Å².